The van der Waals surface area contributed by atoms with Gasteiger partial charge in [0.15, 0.2) is 0 Å². The van der Waals surface area contributed by atoms with E-state index in [0.29, 0.717) is 11.4 Å². The molecule has 0 aliphatic heterocycles. The molecule has 1 fully saturated rings. The van der Waals surface area contributed by atoms with Crippen LogP contribution in [0.3, 0.4) is 0 Å². The van der Waals surface area contributed by atoms with Crippen molar-refractivity contribution < 1.29 is 0 Å². The molecule has 1 aromatic carbocycles. The van der Waals surface area contributed by atoms with E-state index in [1.54, 1.807) is 0 Å². The zero-order valence-electron chi connectivity index (χ0n) is 8.22. The molecule has 2 heteroatoms. The Balaban J connectivity index is 0.000000175. The maximum atomic E-state index is 5.50. The van der Waals surface area contributed by atoms with Gasteiger partial charge < -0.3 is 11.5 Å². The first kappa shape index (κ1) is 9.90. The van der Waals surface area contributed by atoms with Crippen LogP contribution in [0.25, 0.3) is 0 Å². The van der Waals surface area contributed by atoms with Crippen molar-refractivity contribution in [1.29, 1.82) is 0 Å². The fourth-order valence-corrected chi connectivity index (χ4v) is 0.944. The number of hydrogen-bond donors (Lipinski definition) is 2. The predicted octanol–water partition coefficient (Wildman–Crippen LogP) is 2.72. The third-order valence-electron chi connectivity index (χ3n) is 2.24. The molecule has 0 radical (unpaired) electrons. The van der Waals surface area contributed by atoms with Crippen molar-refractivity contribution in [2.45, 2.75) is 32.6 Å². The normalized spacial score (nSPS) is 13.9. The molecule has 0 unspecified atom stereocenters. The third-order valence-corrected chi connectivity index (χ3v) is 2.24. The minimum absolute atomic E-state index is 0.653. The quantitative estimate of drug-likeness (QED) is 0.600. The Kier molecular flexibility index (Phi) is 3.62. The van der Waals surface area contributed by atoms with Gasteiger partial charge in [-0.2, -0.15) is 0 Å². The molecule has 0 heterocycles. The largest absolute Gasteiger partial charge is 0.397 e. The van der Waals surface area contributed by atoms with Crippen LogP contribution < -0.4 is 11.5 Å². The monoisotopic (exact) mass is 178 g/mol. The molecule has 0 bridgehead atoms. The minimum Gasteiger partial charge on any atom is -0.397 e. The van der Waals surface area contributed by atoms with Gasteiger partial charge in [0.05, 0.1) is 11.4 Å². The van der Waals surface area contributed by atoms with Crippen LogP contribution in [0.4, 0.5) is 11.4 Å². The number of rotatable bonds is 0. The van der Waals surface area contributed by atoms with Crippen LogP contribution in [0, 0.1) is 6.92 Å². The zero-order chi connectivity index (χ0) is 9.68. The molecule has 4 N–H and O–H groups in total. The fraction of sp³-hybridized carbons (Fsp3) is 0.455. The number of aryl methyl sites for hydroxylation is 1. The van der Waals surface area contributed by atoms with Crippen LogP contribution in [-0.4, -0.2) is 0 Å². The summed E-state index contributed by atoms with van der Waals surface area (Å²) in [5.41, 5.74) is 13.4. The van der Waals surface area contributed by atoms with Crippen molar-refractivity contribution in [2.75, 3.05) is 11.5 Å². The van der Waals surface area contributed by atoms with Crippen molar-refractivity contribution in [1.82, 2.24) is 0 Å². The maximum absolute atomic E-state index is 5.50. The summed E-state index contributed by atoms with van der Waals surface area (Å²) in [5.74, 6) is 0. The molecule has 1 saturated carbocycles. The van der Waals surface area contributed by atoms with Gasteiger partial charge in [0.2, 0.25) is 0 Å². The molecule has 72 valence electrons. The highest BCUT2D eigenvalue weighted by atomic mass is 14.7. The predicted molar refractivity (Wildman–Crippen MR) is 58.5 cm³/mol. The van der Waals surface area contributed by atoms with E-state index in [9.17, 15) is 0 Å². The molecule has 1 aromatic rings. The van der Waals surface area contributed by atoms with E-state index in [2.05, 4.69) is 0 Å². The van der Waals surface area contributed by atoms with E-state index in [0.717, 1.165) is 5.56 Å². The second-order valence-electron chi connectivity index (χ2n) is 3.55. The number of anilines is 2. The van der Waals surface area contributed by atoms with Crippen LogP contribution in [0.15, 0.2) is 18.2 Å². The molecular formula is C11H18N2. The third kappa shape index (κ3) is 3.36. The van der Waals surface area contributed by atoms with Crippen molar-refractivity contribution >= 4 is 11.4 Å². The van der Waals surface area contributed by atoms with Crippen LogP contribution >= 0.6 is 0 Å². The van der Waals surface area contributed by atoms with Crippen LogP contribution in [0.5, 0.6) is 0 Å². The van der Waals surface area contributed by atoms with E-state index in [-0.39, 0.29) is 0 Å². The molecule has 0 saturated heterocycles. The molecule has 13 heavy (non-hydrogen) atoms. The molecule has 2 rings (SSSR count). The van der Waals surface area contributed by atoms with Crippen molar-refractivity contribution in [3.05, 3.63) is 23.8 Å². The molecule has 0 aromatic heterocycles. The van der Waals surface area contributed by atoms with E-state index < -0.39 is 0 Å². The molecular weight excluding hydrogens is 160 g/mol. The van der Waals surface area contributed by atoms with Gasteiger partial charge in [-0.25, -0.2) is 0 Å². The minimum atomic E-state index is 0.653. The first-order valence-electron chi connectivity index (χ1n) is 4.82. The number of nitrogens with two attached hydrogens (primary N) is 2. The van der Waals surface area contributed by atoms with Gasteiger partial charge >= 0.3 is 0 Å². The van der Waals surface area contributed by atoms with Gasteiger partial charge in [-0.1, -0.05) is 31.7 Å². The summed E-state index contributed by atoms with van der Waals surface area (Å²) >= 11 is 0. The Morgan fingerprint density at radius 3 is 1.77 bits per heavy atom. The summed E-state index contributed by atoms with van der Waals surface area (Å²) in [4.78, 5) is 0. The van der Waals surface area contributed by atoms with Crippen molar-refractivity contribution in [2.24, 2.45) is 0 Å². The summed E-state index contributed by atoms with van der Waals surface area (Å²) in [6.45, 7) is 1.98. The Bertz CT molecular complexity index is 261. The highest BCUT2D eigenvalue weighted by Gasteiger charge is 1.95. The average molecular weight is 178 g/mol. The molecule has 1 aliphatic carbocycles. The Morgan fingerprint density at radius 2 is 1.46 bits per heavy atom. The van der Waals surface area contributed by atoms with Gasteiger partial charge in [0, 0.05) is 0 Å². The lowest BCUT2D eigenvalue weighted by Crippen LogP contribution is -1.93. The summed E-state index contributed by atoms with van der Waals surface area (Å²) in [6, 6.07) is 5.60. The Morgan fingerprint density at radius 1 is 0.923 bits per heavy atom. The first-order chi connectivity index (χ1) is 6.20. The van der Waals surface area contributed by atoms with Crippen molar-refractivity contribution in [3.63, 3.8) is 0 Å². The van der Waals surface area contributed by atoms with Crippen LogP contribution in [0.2, 0.25) is 0 Å². The zero-order valence-corrected chi connectivity index (χ0v) is 8.22. The fourth-order valence-electron chi connectivity index (χ4n) is 0.944. The topological polar surface area (TPSA) is 52.0 Å². The lowest BCUT2D eigenvalue weighted by molar-refractivity contribution is 0.504. The van der Waals surface area contributed by atoms with Crippen LogP contribution in [-0.2, 0) is 0 Å². The SMILES string of the molecule is C1CCC1.Cc1ccc(N)c(N)c1. The molecule has 1 aliphatic rings. The van der Waals surface area contributed by atoms with E-state index >= 15 is 0 Å². The van der Waals surface area contributed by atoms with Gasteiger partial charge in [-0.3, -0.25) is 0 Å². The summed E-state index contributed by atoms with van der Waals surface area (Å²) < 4.78 is 0. The second-order valence-corrected chi connectivity index (χ2v) is 3.55. The molecule has 0 spiro atoms. The van der Waals surface area contributed by atoms with Gasteiger partial charge in [-0.15, -0.1) is 0 Å². The Labute approximate surface area is 79.9 Å². The number of nitrogen functional groups attached to an aromatic ring is 2. The molecule has 2 nitrogen and oxygen atoms in total. The van der Waals surface area contributed by atoms with Crippen LogP contribution in [0.1, 0.15) is 31.2 Å². The highest BCUT2D eigenvalue weighted by molar-refractivity contribution is 5.63. The number of benzene rings is 1. The Hall–Kier alpha value is -1.18. The molecule has 0 atom stereocenters. The molecule has 0 amide bonds. The van der Waals surface area contributed by atoms with Gasteiger partial charge in [0.25, 0.3) is 0 Å². The summed E-state index contributed by atoms with van der Waals surface area (Å²) in [6.07, 6.45) is 6.00. The van der Waals surface area contributed by atoms with Crippen molar-refractivity contribution in [3.8, 4) is 0 Å². The summed E-state index contributed by atoms with van der Waals surface area (Å²) in [5, 5.41) is 0. The average Bonchev–Trinajstić information content (AvgIpc) is 1.94. The lowest BCUT2D eigenvalue weighted by atomic mass is 10.0. The van der Waals surface area contributed by atoms with Gasteiger partial charge in [0.1, 0.15) is 0 Å². The van der Waals surface area contributed by atoms with E-state index in [4.69, 9.17) is 11.5 Å². The van der Waals surface area contributed by atoms with Gasteiger partial charge in [-0.05, 0) is 24.6 Å². The summed E-state index contributed by atoms with van der Waals surface area (Å²) in [7, 11) is 0. The lowest BCUT2D eigenvalue weighted by Gasteiger charge is -2.05. The number of hydrogen-bond acceptors (Lipinski definition) is 2. The highest BCUT2D eigenvalue weighted by Crippen LogP contribution is 2.15. The first-order valence-corrected chi connectivity index (χ1v) is 4.82. The van der Waals surface area contributed by atoms with E-state index in [1.165, 1.54) is 25.7 Å². The maximum Gasteiger partial charge on any atom is 0.0550 e. The smallest absolute Gasteiger partial charge is 0.0550 e. The second kappa shape index (κ2) is 4.75. The van der Waals surface area contributed by atoms with E-state index in [1.807, 2.05) is 25.1 Å². The standard InChI is InChI=1S/C7H10N2.C4H8/c1-5-2-3-6(8)7(9)4-5;1-2-4-3-1/h2-4H,8-9H2,1H3;1-4H2.